The van der Waals surface area contributed by atoms with E-state index in [0.717, 1.165) is 17.3 Å². The van der Waals surface area contributed by atoms with Gasteiger partial charge in [0.1, 0.15) is 0 Å². The van der Waals surface area contributed by atoms with Crippen LogP contribution in [0.25, 0.3) is 0 Å². The molecule has 0 aromatic heterocycles. The van der Waals surface area contributed by atoms with Crippen molar-refractivity contribution in [2.75, 3.05) is 18.9 Å². The van der Waals surface area contributed by atoms with Crippen LogP contribution in [0.1, 0.15) is 18.4 Å². The minimum atomic E-state index is -3.68. The zero-order valence-electron chi connectivity index (χ0n) is 10.0. The molecule has 7 heteroatoms. The molecule has 0 spiro atoms. The molecule has 1 heterocycles. The van der Waals surface area contributed by atoms with Gasteiger partial charge in [-0.15, -0.1) is 0 Å². The molecule has 2 N–H and O–H groups in total. The van der Waals surface area contributed by atoms with Gasteiger partial charge in [-0.3, -0.25) is 4.84 Å². The van der Waals surface area contributed by atoms with E-state index < -0.39 is 10.0 Å². The SMILES string of the molecule is Cc1c(N)cc(S(=O)(=O)N2CCCCO2)cc1Cl. The number of hydrogen-bond acceptors (Lipinski definition) is 4. The number of nitrogens with two attached hydrogens (primary N) is 1. The molecule has 0 amide bonds. The summed E-state index contributed by atoms with van der Waals surface area (Å²) < 4.78 is 25.6. The number of rotatable bonds is 2. The summed E-state index contributed by atoms with van der Waals surface area (Å²) in [5, 5.41) is 0.339. The Morgan fingerprint density at radius 1 is 1.39 bits per heavy atom. The third-order valence-corrected chi connectivity index (χ3v) is 4.94. The number of nitrogen functional groups attached to an aromatic ring is 1. The van der Waals surface area contributed by atoms with Gasteiger partial charge in [-0.2, -0.15) is 0 Å². The normalized spacial score (nSPS) is 17.9. The minimum Gasteiger partial charge on any atom is -0.398 e. The fourth-order valence-electron chi connectivity index (χ4n) is 1.70. The Morgan fingerprint density at radius 2 is 2.11 bits per heavy atom. The Morgan fingerprint density at radius 3 is 2.67 bits per heavy atom. The van der Waals surface area contributed by atoms with Gasteiger partial charge in [0.15, 0.2) is 0 Å². The lowest BCUT2D eigenvalue weighted by molar-refractivity contribution is -0.108. The fraction of sp³-hybridized carbons (Fsp3) is 0.455. The van der Waals surface area contributed by atoms with E-state index in [1.165, 1.54) is 12.1 Å². The molecule has 100 valence electrons. The van der Waals surface area contributed by atoms with Crippen molar-refractivity contribution in [2.45, 2.75) is 24.7 Å². The lowest BCUT2D eigenvalue weighted by Gasteiger charge is -2.25. The lowest BCUT2D eigenvalue weighted by atomic mass is 10.2. The highest BCUT2D eigenvalue weighted by Gasteiger charge is 2.28. The zero-order valence-corrected chi connectivity index (χ0v) is 11.6. The summed E-state index contributed by atoms with van der Waals surface area (Å²) in [6.07, 6.45) is 1.65. The van der Waals surface area contributed by atoms with Crippen LogP contribution < -0.4 is 5.73 Å². The standard InChI is InChI=1S/C11H15ClN2O3S/c1-8-10(12)6-9(7-11(8)13)18(15,16)14-4-2-3-5-17-14/h6-7H,2-5,13H2,1H3. The third-order valence-electron chi connectivity index (χ3n) is 2.89. The van der Waals surface area contributed by atoms with E-state index in [9.17, 15) is 8.42 Å². The molecule has 0 radical (unpaired) electrons. The molecule has 0 unspecified atom stereocenters. The minimum absolute atomic E-state index is 0.0671. The van der Waals surface area contributed by atoms with Crippen LogP contribution in [0, 0.1) is 6.92 Å². The number of hydroxylamine groups is 1. The monoisotopic (exact) mass is 290 g/mol. The maximum Gasteiger partial charge on any atom is 0.265 e. The lowest BCUT2D eigenvalue weighted by Crippen LogP contribution is -2.35. The first-order chi connectivity index (χ1) is 8.43. The second kappa shape index (κ2) is 5.05. The van der Waals surface area contributed by atoms with Crippen LogP contribution in [-0.4, -0.2) is 26.0 Å². The second-order valence-corrected chi connectivity index (χ2v) is 6.43. The van der Waals surface area contributed by atoms with Gasteiger partial charge in [0.2, 0.25) is 0 Å². The number of anilines is 1. The fourth-order valence-corrected chi connectivity index (χ4v) is 3.36. The van der Waals surface area contributed by atoms with Crippen LogP contribution in [0.4, 0.5) is 5.69 Å². The summed E-state index contributed by atoms with van der Waals surface area (Å²) in [5.41, 5.74) is 6.77. The van der Waals surface area contributed by atoms with E-state index in [-0.39, 0.29) is 4.90 Å². The van der Waals surface area contributed by atoms with Crippen molar-refractivity contribution >= 4 is 27.3 Å². The first-order valence-electron chi connectivity index (χ1n) is 5.64. The van der Waals surface area contributed by atoms with Crippen molar-refractivity contribution in [1.82, 2.24) is 4.47 Å². The first-order valence-corrected chi connectivity index (χ1v) is 7.46. The average molecular weight is 291 g/mol. The van der Waals surface area contributed by atoms with Gasteiger partial charge >= 0.3 is 0 Å². The smallest absolute Gasteiger partial charge is 0.265 e. The topological polar surface area (TPSA) is 72.6 Å². The molecular weight excluding hydrogens is 276 g/mol. The first kappa shape index (κ1) is 13.6. The van der Waals surface area contributed by atoms with Gasteiger partial charge in [-0.1, -0.05) is 16.1 Å². The van der Waals surface area contributed by atoms with Crippen LogP contribution in [-0.2, 0) is 14.9 Å². The Kier molecular flexibility index (Phi) is 3.82. The summed E-state index contributed by atoms with van der Waals surface area (Å²) in [7, 11) is -3.68. The number of halogens is 1. The summed E-state index contributed by atoms with van der Waals surface area (Å²) in [6.45, 7) is 2.51. The largest absolute Gasteiger partial charge is 0.398 e. The van der Waals surface area contributed by atoms with E-state index in [1.54, 1.807) is 6.92 Å². The summed E-state index contributed by atoms with van der Waals surface area (Å²) in [6, 6.07) is 2.81. The molecule has 0 saturated carbocycles. The highest BCUT2D eigenvalue weighted by molar-refractivity contribution is 7.89. The molecule has 1 aromatic carbocycles. The molecule has 1 aliphatic rings. The van der Waals surface area contributed by atoms with Gasteiger partial charge in [0.05, 0.1) is 11.5 Å². The highest BCUT2D eigenvalue weighted by Crippen LogP contribution is 2.28. The van der Waals surface area contributed by atoms with Gasteiger partial charge in [-0.25, -0.2) is 8.42 Å². The third kappa shape index (κ3) is 2.47. The van der Waals surface area contributed by atoms with E-state index in [4.69, 9.17) is 22.2 Å². The quantitative estimate of drug-likeness (QED) is 0.845. The van der Waals surface area contributed by atoms with E-state index in [2.05, 4.69) is 0 Å². The predicted molar refractivity (Wildman–Crippen MR) is 69.7 cm³/mol. The van der Waals surface area contributed by atoms with Crippen LogP contribution in [0.3, 0.4) is 0 Å². The predicted octanol–water partition coefficient (Wildman–Crippen LogP) is 1.95. The van der Waals surface area contributed by atoms with Gasteiger partial charge < -0.3 is 5.73 Å². The van der Waals surface area contributed by atoms with Crippen molar-refractivity contribution in [3.63, 3.8) is 0 Å². The Bertz CT molecular complexity index is 530. The number of benzene rings is 1. The van der Waals surface area contributed by atoms with E-state index in [0.29, 0.717) is 29.4 Å². The highest BCUT2D eigenvalue weighted by atomic mass is 35.5. The molecule has 1 aromatic rings. The molecule has 5 nitrogen and oxygen atoms in total. The van der Waals surface area contributed by atoms with Crippen LogP contribution in [0.5, 0.6) is 0 Å². The second-order valence-electron chi connectivity index (χ2n) is 4.19. The molecule has 1 fully saturated rings. The summed E-state index contributed by atoms with van der Waals surface area (Å²) in [5.74, 6) is 0. The molecule has 0 bridgehead atoms. The number of nitrogens with zero attached hydrogens (tertiary/aromatic N) is 1. The average Bonchev–Trinajstić information content (AvgIpc) is 2.36. The Balaban J connectivity index is 2.41. The van der Waals surface area contributed by atoms with Crippen LogP contribution in [0.15, 0.2) is 17.0 Å². The van der Waals surface area contributed by atoms with Crippen molar-refractivity contribution in [3.8, 4) is 0 Å². The zero-order chi connectivity index (χ0) is 13.3. The van der Waals surface area contributed by atoms with E-state index >= 15 is 0 Å². The van der Waals surface area contributed by atoms with Crippen molar-refractivity contribution in [1.29, 1.82) is 0 Å². The molecular formula is C11H15ClN2O3S. The Hall–Kier alpha value is -0.820. The van der Waals surface area contributed by atoms with Crippen LogP contribution in [0.2, 0.25) is 5.02 Å². The molecule has 18 heavy (non-hydrogen) atoms. The number of sulfonamides is 1. The molecule has 1 aliphatic heterocycles. The maximum atomic E-state index is 12.3. The molecule has 2 rings (SSSR count). The number of hydrogen-bond donors (Lipinski definition) is 1. The summed E-state index contributed by atoms with van der Waals surface area (Å²) in [4.78, 5) is 5.24. The van der Waals surface area contributed by atoms with Gasteiger partial charge in [0, 0.05) is 17.3 Å². The maximum absolute atomic E-state index is 12.3. The van der Waals surface area contributed by atoms with Crippen molar-refractivity contribution in [2.24, 2.45) is 0 Å². The molecule has 0 aliphatic carbocycles. The van der Waals surface area contributed by atoms with Gasteiger partial charge in [0.25, 0.3) is 10.0 Å². The Labute approximate surface area is 111 Å². The summed E-state index contributed by atoms with van der Waals surface area (Å²) >= 11 is 5.96. The molecule has 0 atom stereocenters. The molecule has 1 saturated heterocycles. The van der Waals surface area contributed by atoms with Crippen molar-refractivity contribution < 1.29 is 13.3 Å². The van der Waals surface area contributed by atoms with Crippen LogP contribution >= 0.6 is 11.6 Å². The van der Waals surface area contributed by atoms with E-state index in [1.807, 2.05) is 0 Å². The van der Waals surface area contributed by atoms with Crippen molar-refractivity contribution in [3.05, 3.63) is 22.7 Å². The van der Waals surface area contributed by atoms with Gasteiger partial charge in [-0.05, 0) is 37.5 Å².